The van der Waals surface area contributed by atoms with Crippen molar-refractivity contribution in [1.82, 2.24) is 19.5 Å². The lowest BCUT2D eigenvalue weighted by Crippen LogP contribution is -2.22. The molecule has 0 fully saturated rings. The van der Waals surface area contributed by atoms with Gasteiger partial charge >= 0.3 is 0 Å². The Kier molecular flexibility index (Phi) is 4.72. The number of aromatic amines is 1. The van der Waals surface area contributed by atoms with Crippen LogP contribution in [0.3, 0.4) is 0 Å². The molecule has 3 aromatic heterocycles. The van der Waals surface area contributed by atoms with E-state index in [0.29, 0.717) is 23.0 Å². The largest absolute Gasteiger partial charge is 0.361 e. The molecule has 0 saturated carbocycles. The van der Waals surface area contributed by atoms with E-state index in [1.54, 1.807) is 10.8 Å². The van der Waals surface area contributed by atoms with Gasteiger partial charge in [0.05, 0.1) is 4.90 Å². The van der Waals surface area contributed by atoms with Gasteiger partial charge in [0.15, 0.2) is 0 Å². The minimum atomic E-state index is -0.0442. The van der Waals surface area contributed by atoms with E-state index >= 15 is 0 Å². The van der Waals surface area contributed by atoms with Crippen molar-refractivity contribution in [3.8, 4) is 0 Å². The summed E-state index contributed by atoms with van der Waals surface area (Å²) >= 11 is 1.46. The first-order valence-corrected chi connectivity index (χ1v) is 10.5. The van der Waals surface area contributed by atoms with E-state index < -0.39 is 0 Å². The zero-order valence-electron chi connectivity index (χ0n) is 16.3. The second-order valence-corrected chi connectivity index (χ2v) is 7.97. The third kappa shape index (κ3) is 3.44. The average molecular weight is 414 g/mol. The molecule has 0 aliphatic carbocycles. The molecule has 7 heteroatoms. The molecule has 0 amide bonds. The Morgan fingerprint density at radius 3 is 2.77 bits per heavy atom. The molecule has 0 aliphatic heterocycles. The third-order valence-electron chi connectivity index (χ3n) is 4.89. The fraction of sp³-hybridized carbons (Fsp3) is 0.0870. The van der Waals surface area contributed by atoms with Crippen LogP contribution in [0.25, 0.3) is 21.9 Å². The fourth-order valence-corrected chi connectivity index (χ4v) is 4.37. The first-order valence-electron chi connectivity index (χ1n) is 9.69. The van der Waals surface area contributed by atoms with Crippen LogP contribution in [-0.2, 0) is 6.54 Å². The molecule has 3 heterocycles. The maximum absolute atomic E-state index is 13.1. The number of pyridine rings is 1. The highest BCUT2D eigenvalue weighted by Gasteiger charge is 2.12. The molecule has 0 unspecified atom stereocenters. The van der Waals surface area contributed by atoms with Crippen molar-refractivity contribution < 1.29 is 0 Å². The standard InChI is InChI=1S/C23H19N5OS/c1-2-28-21-16(13-20(22(28)29)30-18-6-4-3-5-7-18)14-25-23(27-21)26-17-8-9-19-15(12-17)10-11-24-19/h3-14,24H,2H2,1H3,(H,25,26,27). The number of nitrogens with zero attached hydrogens (tertiary/aromatic N) is 3. The predicted molar refractivity (Wildman–Crippen MR) is 122 cm³/mol. The molecule has 5 rings (SSSR count). The van der Waals surface area contributed by atoms with E-state index in [1.165, 1.54) is 11.8 Å². The summed E-state index contributed by atoms with van der Waals surface area (Å²) in [6, 6.07) is 19.8. The maximum atomic E-state index is 13.1. The average Bonchev–Trinajstić information content (AvgIpc) is 3.23. The Balaban J connectivity index is 1.53. The smallest absolute Gasteiger partial charge is 0.266 e. The van der Waals surface area contributed by atoms with Gasteiger partial charge in [-0.15, -0.1) is 0 Å². The number of rotatable bonds is 5. The number of hydrogen-bond acceptors (Lipinski definition) is 5. The second-order valence-electron chi connectivity index (χ2n) is 6.85. The van der Waals surface area contributed by atoms with Crippen LogP contribution in [0.2, 0.25) is 0 Å². The van der Waals surface area contributed by atoms with E-state index in [2.05, 4.69) is 20.3 Å². The van der Waals surface area contributed by atoms with Gasteiger partial charge in [0.2, 0.25) is 5.95 Å². The molecule has 2 aromatic carbocycles. The first kappa shape index (κ1) is 18.4. The zero-order valence-corrected chi connectivity index (χ0v) is 17.1. The Morgan fingerprint density at radius 1 is 1.07 bits per heavy atom. The molecular weight excluding hydrogens is 394 g/mol. The molecule has 2 N–H and O–H groups in total. The van der Waals surface area contributed by atoms with E-state index in [-0.39, 0.29) is 5.56 Å². The molecular formula is C23H19N5OS. The Labute approximate surface area is 177 Å². The molecule has 0 aliphatic rings. The van der Waals surface area contributed by atoms with Crippen molar-refractivity contribution in [3.05, 3.63) is 83.4 Å². The molecule has 30 heavy (non-hydrogen) atoms. The summed E-state index contributed by atoms with van der Waals surface area (Å²) < 4.78 is 1.70. The number of benzene rings is 2. The molecule has 0 bridgehead atoms. The topological polar surface area (TPSA) is 75.6 Å². The summed E-state index contributed by atoms with van der Waals surface area (Å²) in [4.78, 5) is 27.0. The van der Waals surface area contributed by atoms with E-state index in [0.717, 1.165) is 26.9 Å². The molecule has 0 radical (unpaired) electrons. The van der Waals surface area contributed by atoms with Crippen LogP contribution >= 0.6 is 11.8 Å². The number of anilines is 2. The van der Waals surface area contributed by atoms with Gasteiger partial charge < -0.3 is 10.3 Å². The van der Waals surface area contributed by atoms with Crippen molar-refractivity contribution in [1.29, 1.82) is 0 Å². The number of aryl methyl sites for hydroxylation is 1. The van der Waals surface area contributed by atoms with Crippen LogP contribution in [0.15, 0.2) is 87.6 Å². The van der Waals surface area contributed by atoms with Gasteiger partial charge in [-0.1, -0.05) is 30.0 Å². The third-order valence-corrected chi connectivity index (χ3v) is 5.91. The Bertz CT molecular complexity index is 1410. The summed E-state index contributed by atoms with van der Waals surface area (Å²) in [5, 5.41) is 5.19. The van der Waals surface area contributed by atoms with Crippen molar-refractivity contribution in [2.45, 2.75) is 23.3 Å². The van der Waals surface area contributed by atoms with Gasteiger partial charge in [0.1, 0.15) is 5.65 Å². The van der Waals surface area contributed by atoms with Crippen LogP contribution in [0.5, 0.6) is 0 Å². The monoisotopic (exact) mass is 413 g/mol. The molecule has 5 aromatic rings. The van der Waals surface area contributed by atoms with E-state index in [1.807, 2.05) is 73.8 Å². The zero-order chi connectivity index (χ0) is 20.5. The van der Waals surface area contributed by atoms with Crippen molar-refractivity contribution in [3.63, 3.8) is 0 Å². The second kappa shape index (κ2) is 7.68. The van der Waals surface area contributed by atoms with E-state index in [9.17, 15) is 4.79 Å². The number of H-pyrrole nitrogens is 1. The summed E-state index contributed by atoms with van der Waals surface area (Å²) in [5.41, 5.74) is 2.55. The van der Waals surface area contributed by atoms with Gasteiger partial charge in [-0.05, 0) is 49.4 Å². The summed E-state index contributed by atoms with van der Waals surface area (Å²) in [5.74, 6) is 0.461. The van der Waals surface area contributed by atoms with Crippen LogP contribution in [0, 0.1) is 0 Å². The lowest BCUT2D eigenvalue weighted by molar-refractivity contribution is 0.733. The molecule has 0 spiro atoms. The number of aromatic nitrogens is 4. The van der Waals surface area contributed by atoms with Gasteiger partial charge in [0.25, 0.3) is 5.56 Å². The summed E-state index contributed by atoms with van der Waals surface area (Å²) in [6.07, 6.45) is 3.67. The van der Waals surface area contributed by atoms with E-state index in [4.69, 9.17) is 0 Å². The summed E-state index contributed by atoms with van der Waals surface area (Å²) in [7, 11) is 0. The highest BCUT2D eigenvalue weighted by molar-refractivity contribution is 7.99. The molecule has 0 atom stereocenters. The Hall–Kier alpha value is -3.58. The molecule has 6 nitrogen and oxygen atoms in total. The van der Waals surface area contributed by atoms with Crippen molar-refractivity contribution >= 4 is 45.3 Å². The lowest BCUT2D eigenvalue weighted by atomic mass is 10.2. The highest BCUT2D eigenvalue weighted by Crippen LogP contribution is 2.27. The van der Waals surface area contributed by atoms with Crippen LogP contribution in [0.4, 0.5) is 11.6 Å². The normalized spacial score (nSPS) is 11.2. The number of hydrogen-bond donors (Lipinski definition) is 2. The molecule has 148 valence electrons. The van der Waals surface area contributed by atoms with Crippen molar-refractivity contribution in [2.24, 2.45) is 0 Å². The van der Waals surface area contributed by atoms with Crippen LogP contribution in [0.1, 0.15) is 6.92 Å². The van der Waals surface area contributed by atoms with Crippen LogP contribution in [-0.4, -0.2) is 19.5 Å². The predicted octanol–water partition coefficient (Wildman–Crippen LogP) is 5.19. The first-order chi connectivity index (χ1) is 14.7. The van der Waals surface area contributed by atoms with Gasteiger partial charge in [-0.3, -0.25) is 9.36 Å². The van der Waals surface area contributed by atoms with Gasteiger partial charge in [-0.25, -0.2) is 4.98 Å². The highest BCUT2D eigenvalue weighted by atomic mass is 32.2. The molecule has 0 saturated heterocycles. The maximum Gasteiger partial charge on any atom is 0.266 e. The van der Waals surface area contributed by atoms with Gasteiger partial charge in [0, 0.05) is 45.8 Å². The minimum absolute atomic E-state index is 0.0442. The Morgan fingerprint density at radius 2 is 1.93 bits per heavy atom. The SMILES string of the molecule is CCn1c(=O)c(Sc2ccccc2)cc2cnc(Nc3ccc4[nH]ccc4c3)nc21. The van der Waals surface area contributed by atoms with Crippen LogP contribution < -0.4 is 10.9 Å². The number of nitrogens with one attached hydrogen (secondary N) is 2. The quantitative estimate of drug-likeness (QED) is 0.415. The summed E-state index contributed by atoms with van der Waals surface area (Å²) in [6.45, 7) is 2.48. The van der Waals surface area contributed by atoms with Gasteiger partial charge in [-0.2, -0.15) is 4.98 Å². The van der Waals surface area contributed by atoms with Crippen molar-refractivity contribution in [2.75, 3.05) is 5.32 Å². The fourth-order valence-electron chi connectivity index (χ4n) is 3.43. The lowest BCUT2D eigenvalue weighted by Gasteiger charge is -2.12. The number of fused-ring (bicyclic) bond motifs is 2. The minimum Gasteiger partial charge on any atom is -0.361 e.